The van der Waals surface area contributed by atoms with Gasteiger partial charge >= 0.3 is 0 Å². The van der Waals surface area contributed by atoms with Crippen LogP contribution in [-0.4, -0.2) is 46.0 Å². The van der Waals surface area contributed by atoms with E-state index < -0.39 is 12.2 Å². The highest BCUT2D eigenvalue weighted by molar-refractivity contribution is 5.72. The fourth-order valence-corrected chi connectivity index (χ4v) is 6.22. The summed E-state index contributed by atoms with van der Waals surface area (Å²) in [6.07, 6.45) is 12.6. The molecule has 0 aromatic carbocycles. The fraction of sp³-hybridized carbons (Fsp3) is 0.690. The summed E-state index contributed by atoms with van der Waals surface area (Å²) in [5.74, 6) is 0.823. The molecule has 2 fully saturated rings. The molecule has 34 heavy (non-hydrogen) atoms. The van der Waals surface area contributed by atoms with E-state index in [1.807, 2.05) is 0 Å². The predicted molar refractivity (Wildman–Crippen MR) is 137 cm³/mol. The van der Waals surface area contributed by atoms with Crippen LogP contribution in [0.25, 0.3) is 0 Å². The second kappa shape index (κ2) is 11.4. The van der Waals surface area contributed by atoms with Gasteiger partial charge in [0.05, 0.1) is 18.8 Å². The third-order valence-corrected chi connectivity index (χ3v) is 8.53. The van der Waals surface area contributed by atoms with Crippen molar-refractivity contribution < 1.29 is 19.8 Å². The van der Waals surface area contributed by atoms with E-state index in [4.69, 9.17) is 4.84 Å². The number of rotatable bonds is 8. The minimum absolute atomic E-state index is 0.0159. The van der Waals surface area contributed by atoms with Crippen molar-refractivity contribution in [1.29, 1.82) is 0 Å². The van der Waals surface area contributed by atoms with Gasteiger partial charge in [-0.2, -0.15) is 0 Å². The molecule has 0 radical (unpaired) electrons. The van der Waals surface area contributed by atoms with Crippen molar-refractivity contribution in [3.8, 4) is 0 Å². The van der Waals surface area contributed by atoms with Crippen LogP contribution < -0.4 is 0 Å². The van der Waals surface area contributed by atoms with E-state index in [0.29, 0.717) is 31.2 Å². The first-order valence-corrected chi connectivity index (χ1v) is 13.2. The zero-order valence-electron chi connectivity index (χ0n) is 21.8. The topological polar surface area (TPSA) is 70.0 Å². The van der Waals surface area contributed by atoms with Gasteiger partial charge in [-0.05, 0) is 73.0 Å². The van der Waals surface area contributed by atoms with E-state index in [2.05, 4.69) is 52.5 Å². The standard InChI is InChI=1S/C29H45NO4/c1-7-22(8-2)18-30(21(5)31)34-20(4)26-13-14-27-23(10-9-15-29(26,27)6)11-12-24-16-25(32)17-28(33)19(24)3/h11-13,20,22,25,27-28,32-33H,3,7-10,14-18H2,1-2,4-6H3/t20-,25+,27?,28-,29+/m0/s1. The number of nitrogens with zero attached hydrogens (tertiary/aromatic N) is 1. The normalized spacial score (nSPS) is 32.8. The first kappa shape index (κ1) is 26.9. The van der Waals surface area contributed by atoms with Crippen LogP contribution >= 0.6 is 0 Å². The Hall–Kier alpha value is -1.69. The molecule has 2 saturated carbocycles. The molecule has 0 aromatic heterocycles. The van der Waals surface area contributed by atoms with E-state index in [-0.39, 0.29) is 17.4 Å². The molecular weight excluding hydrogens is 426 g/mol. The minimum atomic E-state index is -0.660. The van der Waals surface area contributed by atoms with Crippen LogP contribution in [0, 0.1) is 17.3 Å². The number of aliphatic hydroxyl groups is 2. The van der Waals surface area contributed by atoms with Crippen molar-refractivity contribution in [1.82, 2.24) is 5.06 Å². The van der Waals surface area contributed by atoms with Crippen LogP contribution in [0.5, 0.6) is 0 Å². The van der Waals surface area contributed by atoms with Crippen LogP contribution in [0.4, 0.5) is 0 Å². The smallest absolute Gasteiger partial charge is 0.243 e. The monoisotopic (exact) mass is 471 g/mol. The lowest BCUT2D eigenvalue weighted by Gasteiger charge is -2.43. The summed E-state index contributed by atoms with van der Waals surface area (Å²) in [6, 6.07) is 0. The lowest BCUT2D eigenvalue weighted by Crippen LogP contribution is -2.40. The summed E-state index contributed by atoms with van der Waals surface area (Å²) in [7, 11) is 0. The number of aliphatic hydroxyl groups excluding tert-OH is 2. The quantitative estimate of drug-likeness (QED) is 0.354. The zero-order chi connectivity index (χ0) is 25.0. The molecular formula is C29H45NO4. The fourth-order valence-electron chi connectivity index (χ4n) is 6.22. The third-order valence-electron chi connectivity index (χ3n) is 8.53. The molecule has 0 heterocycles. The van der Waals surface area contributed by atoms with Gasteiger partial charge in [0.2, 0.25) is 5.91 Å². The molecule has 0 aliphatic heterocycles. The van der Waals surface area contributed by atoms with Crippen molar-refractivity contribution in [3.63, 3.8) is 0 Å². The number of carbonyl (C=O) groups excluding carboxylic acids is 1. The Bertz CT molecular complexity index is 852. The molecule has 5 nitrogen and oxygen atoms in total. The second-order valence-electron chi connectivity index (χ2n) is 10.8. The molecule has 0 bridgehead atoms. The second-order valence-corrected chi connectivity index (χ2v) is 10.8. The van der Waals surface area contributed by atoms with E-state index in [9.17, 15) is 15.0 Å². The molecule has 3 aliphatic carbocycles. The van der Waals surface area contributed by atoms with Crippen molar-refractivity contribution >= 4 is 5.91 Å². The maximum absolute atomic E-state index is 12.3. The summed E-state index contributed by atoms with van der Waals surface area (Å²) < 4.78 is 0. The molecule has 0 spiro atoms. The first-order valence-electron chi connectivity index (χ1n) is 13.2. The van der Waals surface area contributed by atoms with Gasteiger partial charge in [-0.3, -0.25) is 9.63 Å². The van der Waals surface area contributed by atoms with Crippen molar-refractivity contribution in [2.75, 3.05) is 6.54 Å². The van der Waals surface area contributed by atoms with Gasteiger partial charge in [0.1, 0.15) is 6.10 Å². The number of allylic oxidation sites excluding steroid dienone is 4. The Morgan fingerprint density at radius 3 is 2.68 bits per heavy atom. The summed E-state index contributed by atoms with van der Waals surface area (Å²) in [5, 5.41) is 21.8. The lowest BCUT2D eigenvalue weighted by molar-refractivity contribution is -0.201. The molecule has 1 amide bonds. The predicted octanol–water partition coefficient (Wildman–Crippen LogP) is 5.65. The number of amides is 1. The van der Waals surface area contributed by atoms with E-state index in [0.717, 1.165) is 49.7 Å². The zero-order valence-corrected chi connectivity index (χ0v) is 21.8. The van der Waals surface area contributed by atoms with Crippen LogP contribution in [0.3, 0.4) is 0 Å². The Morgan fingerprint density at radius 2 is 2.03 bits per heavy atom. The van der Waals surface area contributed by atoms with Crippen LogP contribution in [0.2, 0.25) is 0 Å². The highest BCUT2D eigenvalue weighted by Gasteiger charge is 2.47. The minimum Gasteiger partial charge on any atom is -0.393 e. The van der Waals surface area contributed by atoms with Gasteiger partial charge in [0, 0.05) is 13.3 Å². The van der Waals surface area contributed by atoms with Crippen LogP contribution in [-0.2, 0) is 9.63 Å². The first-order chi connectivity index (χ1) is 16.1. The molecule has 0 aromatic rings. The number of fused-ring (bicyclic) bond motifs is 1. The largest absolute Gasteiger partial charge is 0.393 e. The Labute approximate surface area is 206 Å². The van der Waals surface area contributed by atoms with Crippen LogP contribution in [0.1, 0.15) is 86.0 Å². The van der Waals surface area contributed by atoms with Gasteiger partial charge in [0.15, 0.2) is 0 Å². The Kier molecular flexibility index (Phi) is 8.99. The Balaban J connectivity index is 1.75. The summed E-state index contributed by atoms with van der Waals surface area (Å²) in [5.41, 5.74) is 4.42. The number of hydrogen-bond acceptors (Lipinski definition) is 4. The highest BCUT2D eigenvalue weighted by Crippen LogP contribution is 2.56. The van der Waals surface area contributed by atoms with E-state index >= 15 is 0 Å². The van der Waals surface area contributed by atoms with Crippen molar-refractivity contribution in [2.24, 2.45) is 17.3 Å². The maximum atomic E-state index is 12.3. The molecule has 3 rings (SSSR count). The molecule has 0 saturated heterocycles. The highest BCUT2D eigenvalue weighted by atomic mass is 16.7. The van der Waals surface area contributed by atoms with Gasteiger partial charge in [-0.1, -0.05) is 64.0 Å². The number of hydroxylamine groups is 2. The van der Waals surface area contributed by atoms with E-state index in [1.165, 1.54) is 11.1 Å². The van der Waals surface area contributed by atoms with Gasteiger partial charge < -0.3 is 10.2 Å². The average molecular weight is 472 g/mol. The average Bonchev–Trinajstić information content (AvgIpc) is 3.15. The summed E-state index contributed by atoms with van der Waals surface area (Å²) in [4.78, 5) is 18.6. The van der Waals surface area contributed by atoms with Crippen molar-refractivity contribution in [2.45, 2.75) is 104 Å². The molecule has 3 aliphatic rings. The summed E-state index contributed by atoms with van der Waals surface area (Å²) in [6.45, 7) is 15.0. The van der Waals surface area contributed by atoms with E-state index in [1.54, 1.807) is 12.0 Å². The lowest BCUT2D eigenvalue weighted by atomic mass is 9.63. The number of hydrogen-bond donors (Lipinski definition) is 2. The molecule has 2 N–H and O–H groups in total. The summed E-state index contributed by atoms with van der Waals surface area (Å²) >= 11 is 0. The van der Waals surface area contributed by atoms with Gasteiger partial charge in [-0.15, -0.1) is 0 Å². The third kappa shape index (κ3) is 5.75. The molecule has 5 heteroatoms. The maximum Gasteiger partial charge on any atom is 0.243 e. The molecule has 5 atom stereocenters. The SMILES string of the molecule is C=C1C(=CC=C2CCC[C@]3(C)C([C@H](C)ON(CC(CC)CC)C(C)=O)=CCC23)C[C@@H](O)C[C@@H]1O. The molecule has 1 unspecified atom stereocenters. The van der Waals surface area contributed by atoms with Gasteiger partial charge in [0.25, 0.3) is 0 Å². The Morgan fingerprint density at radius 1 is 1.32 bits per heavy atom. The van der Waals surface area contributed by atoms with Gasteiger partial charge in [-0.25, -0.2) is 5.06 Å². The number of carbonyl (C=O) groups is 1. The molecule has 190 valence electrons. The van der Waals surface area contributed by atoms with Crippen molar-refractivity contribution in [3.05, 3.63) is 47.1 Å². The van der Waals surface area contributed by atoms with Crippen LogP contribution in [0.15, 0.2) is 47.1 Å².